The van der Waals surface area contributed by atoms with E-state index >= 15 is 0 Å². The Balaban J connectivity index is 1.22. The van der Waals surface area contributed by atoms with E-state index in [1.54, 1.807) is 0 Å². The van der Waals surface area contributed by atoms with Crippen molar-refractivity contribution < 1.29 is 59.8 Å². The van der Waals surface area contributed by atoms with E-state index in [9.17, 15) is 40.9 Å². The standard InChI is InChI=1S/C42H70O12/c1-21(2)10-9-11-22(3)23-12-16-42(8)30(23)24(45)18-28-40(6)15-14-29(39(4,5)27(40)13-17-41(28,42)7)53-38-36(34(49)32(47)26(20-44)52-38)54-37-35(50)33(48)31(46)25(19-43)51-37/h10,23-38,43-50H,3,9,11-20H2,1-2,4-8H3. The smallest absolute Gasteiger partial charge is 0.187 e. The third kappa shape index (κ3) is 6.89. The van der Waals surface area contributed by atoms with E-state index in [1.807, 2.05) is 0 Å². The summed E-state index contributed by atoms with van der Waals surface area (Å²) in [7, 11) is 0. The van der Waals surface area contributed by atoms with Crippen molar-refractivity contribution in [2.45, 2.75) is 180 Å². The Morgan fingerprint density at radius 1 is 0.722 bits per heavy atom. The minimum atomic E-state index is -1.74. The van der Waals surface area contributed by atoms with Crippen LogP contribution in [0.1, 0.15) is 106 Å². The first-order valence-electron chi connectivity index (χ1n) is 20.5. The fraction of sp³-hybridized carbons (Fsp3) is 0.905. The van der Waals surface area contributed by atoms with Crippen LogP contribution in [0.25, 0.3) is 0 Å². The molecule has 54 heavy (non-hydrogen) atoms. The zero-order valence-electron chi connectivity index (χ0n) is 33.5. The average molecular weight is 767 g/mol. The molecule has 6 rings (SSSR count). The zero-order valence-corrected chi connectivity index (χ0v) is 33.5. The molecule has 0 radical (unpaired) electrons. The molecule has 19 unspecified atom stereocenters. The van der Waals surface area contributed by atoms with E-state index in [-0.39, 0.29) is 34.2 Å². The molecule has 12 heteroatoms. The summed E-state index contributed by atoms with van der Waals surface area (Å²) in [5.74, 6) is 1.03. The molecule has 4 aliphatic carbocycles. The lowest BCUT2D eigenvalue weighted by Gasteiger charge is -2.70. The number of aliphatic hydroxyl groups is 8. The second-order valence-electron chi connectivity index (χ2n) is 19.4. The largest absolute Gasteiger partial charge is 0.394 e. The summed E-state index contributed by atoms with van der Waals surface area (Å²) in [4.78, 5) is 0. The molecule has 0 aromatic heterocycles. The fourth-order valence-corrected chi connectivity index (χ4v) is 13.0. The number of ether oxygens (including phenoxy) is 4. The van der Waals surface area contributed by atoms with E-state index in [4.69, 9.17) is 18.9 Å². The van der Waals surface area contributed by atoms with Crippen molar-refractivity contribution in [3.8, 4) is 0 Å². The molecule has 0 bridgehead atoms. The number of allylic oxidation sites excluding steroid dienone is 3. The molecule has 2 aliphatic heterocycles. The van der Waals surface area contributed by atoms with Crippen LogP contribution in [0.2, 0.25) is 0 Å². The Bertz CT molecular complexity index is 1370. The van der Waals surface area contributed by atoms with Gasteiger partial charge in [-0.2, -0.15) is 0 Å². The molecular formula is C42H70O12. The number of hydrogen-bond acceptors (Lipinski definition) is 12. The van der Waals surface area contributed by atoms with E-state index < -0.39 is 86.1 Å². The zero-order chi connectivity index (χ0) is 39.7. The quantitative estimate of drug-likeness (QED) is 0.120. The lowest BCUT2D eigenvalue weighted by Crippen LogP contribution is -2.67. The van der Waals surface area contributed by atoms with Crippen molar-refractivity contribution in [3.63, 3.8) is 0 Å². The summed E-state index contributed by atoms with van der Waals surface area (Å²) in [5.41, 5.74) is 2.12. The van der Waals surface area contributed by atoms with Gasteiger partial charge in [-0.05, 0) is 117 Å². The van der Waals surface area contributed by atoms with E-state index in [2.05, 4.69) is 61.1 Å². The summed E-state index contributed by atoms with van der Waals surface area (Å²) < 4.78 is 24.4. The van der Waals surface area contributed by atoms with Gasteiger partial charge in [0.15, 0.2) is 12.6 Å². The van der Waals surface area contributed by atoms with Crippen LogP contribution < -0.4 is 0 Å². The van der Waals surface area contributed by atoms with Crippen molar-refractivity contribution in [3.05, 3.63) is 23.8 Å². The van der Waals surface area contributed by atoms with Gasteiger partial charge in [0.2, 0.25) is 0 Å². The Morgan fingerprint density at radius 2 is 1.33 bits per heavy atom. The van der Waals surface area contributed by atoms with Crippen molar-refractivity contribution in [1.82, 2.24) is 0 Å². The number of rotatable bonds is 10. The van der Waals surface area contributed by atoms with Gasteiger partial charge in [0, 0.05) is 0 Å². The minimum absolute atomic E-state index is 0.0217. The normalized spacial score (nSPS) is 51.5. The molecule has 0 aromatic carbocycles. The van der Waals surface area contributed by atoms with Crippen molar-refractivity contribution in [2.75, 3.05) is 13.2 Å². The van der Waals surface area contributed by atoms with Gasteiger partial charge in [-0.3, -0.25) is 0 Å². The van der Waals surface area contributed by atoms with Gasteiger partial charge >= 0.3 is 0 Å². The molecule has 310 valence electrons. The molecule has 6 fully saturated rings. The van der Waals surface area contributed by atoms with Crippen molar-refractivity contribution in [1.29, 1.82) is 0 Å². The van der Waals surface area contributed by atoms with E-state index in [1.165, 1.54) is 11.1 Å². The first-order chi connectivity index (χ1) is 25.3. The summed E-state index contributed by atoms with van der Waals surface area (Å²) in [6.45, 7) is 19.4. The molecule has 8 N–H and O–H groups in total. The molecule has 6 aliphatic rings. The van der Waals surface area contributed by atoms with Crippen LogP contribution in [0.3, 0.4) is 0 Å². The highest BCUT2D eigenvalue weighted by molar-refractivity contribution is 5.22. The molecule has 2 heterocycles. The van der Waals surface area contributed by atoms with Gasteiger partial charge in [-0.25, -0.2) is 0 Å². The second-order valence-corrected chi connectivity index (χ2v) is 19.4. The third-order valence-corrected chi connectivity index (χ3v) is 16.1. The second kappa shape index (κ2) is 15.6. The van der Waals surface area contributed by atoms with Gasteiger partial charge in [-0.1, -0.05) is 58.4 Å². The van der Waals surface area contributed by atoms with Crippen molar-refractivity contribution in [2.24, 2.45) is 45.3 Å². The maximum Gasteiger partial charge on any atom is 0.187 e. The topological polar surface area (TPSA) is 199 Å². The van der Waals surface area contributed by atoms with Gasteiger partial charge in [0.05, 0.1) is 25.4 Å². The molecule has 19 atom stereocenters. The SMILES string of the molecule is C=C(CCC=C(C)C)C1CCC2(C)C1C(O)CC1C3(C)CCC(OC4OC(CO)C(O)C(O)C4OC4OC(CO)C(O)C(O)C4O)C(C)(C)C3CCC12C. The predicted octanol–water partition coefficient (Wildman–Crippen LogP) is 2.95. The molecule has 0 aromatic rings. The van der Waals surface area contributed by atoms with Crippen LogP contribution in [0.4, 0.5) is 0 Å². The lowest BCUT2D eigenvalue weighted by molar-refractivity contribution is -0.378. The number of aliphatic hydroxyl groups excluding tert-OH is 8. The molecule has 4 saturated carbocycles. The lowest BCUT2D eigenvalue weighted by atomic mass is 9.35. The third-order valence-electron chi connectivity index (χ3n) is 16.1. The molecular weight excluding hydrogens is 696 g/mol. The van der Waals surface area contributed by atoms with Crippen LogP contribution in [-0.2, 0) is 18.9 Å². The summed E-state index contributed by atoms with van der Waals surface area (Å²) in [5, 5.41) is 85.4. The van der Waals surface area contributed by atoms with Gasteiger partial charge in [0.1, 0.15) is 48.8 Å². The van der Waals surface area contributed by atoms with Crippen molar-refractivity contribution >= 4 is 0 Å². The fourth-order valence-electron chi connectivity index (χ4n) is 13.0. The monoisotopic (exact) mass is 766 g/mol. The van der Waals surface area contributed by atoms with Crippen LogP contribution in [0.5, 0.6) is 0 Å². The van der Waals surface area contributed by atoms with E-state index in [0.29, 0.717) is 18.3 Å². The molecule has 0 amide bonds. The summed E-state index contributed by atoms with van der Waals surface area (Å²) in [6, 6.07) is 0. The van der Waals surface area contributed by atoms with Crippen LogP contribution >= 0.6 is 0 Å². The van der Waals surface area contributed by atoms with Crippen LogP contribution in [-0.4, -0.2) is 128 Å². The van der Waals surface area contributed by atoms with Crippen LogP contribution in [0.15, 0.2) is 23.8 Å². The van der Waals surface area contributed by atoms with Gasteiger partial charge in [0.25, 0.3) is 0 Å². The Morgan fingerprint density at radius 3 is 1.96 bits per heavy atom. The predicted molar refractivity (Wildman–Crippen MR) is 199 cm³/mol. The highest BCUT2D eigenvalue weighted by Crippen LogP contribution is 2.75. The summed E-state index contributed by atoms with van der Waals surface area (Å²) >= 11 is 0. The average Bonchev–Trinajstić information content (AvgIpc) is 3.49. The highest BCUT2D eigenvalue weighted by atomic mass is 16.8. The molecule has 12 nitrogen and oxygen atoms in total. The Labute approximate surface area is 321 Å². The Hall–Kier alpha value is -1.00. The van der Waals surface area contributed by atoms with Crippen LogP contribution in [0, 0.1) is 45.3 Å². The van der Waals surface area contributed by atoms with Gasteiger partial charge in [-0.15, -0.1) is 0 Å². The molecule has 2 saturated heterocycles. The van der Waals surface area contributed by atoms with E-state index in [0.717, 1.165) is 51.4 Å². The first kappa shape index (κ1) is 42.6. The first-order valence-corrected chi connectivity index (χ1v) is 20.5. The van der Waals surface area contributed by atoms with Gasteiger partial charge < -0.3 is 59.8 Å². The number of hydrogen-bond donors (Lipinski definition) is 8. The maximum atomic E-state index is 12.1. The Kier molecular flexibility index (Phi) is 12.3. The summed E-state index contributed by atoms with van der Waals surface area (Å²) in [6.07, 6.45) is -5.12. The maximum absolute atomic E-state index is 12.1. The minimum Gasteiger partial charge on any atom is -0.394 e. The number of fused-ring (bicyclic) bond motifs is 5. The highest BCUT2D eigenvalue weighted by Gasteiger charge is 2.70. The molecule has 0 spiro atoms.